The Morgan fingerprint density at radius 3 is 2.13 bits per heavy atom. The van der Waals surface area contributed by atoms with Crippen LogP contribution in [0.1, 0.15) is 61.7 Å². The molecule has 0 unspecified atom stereocenters. The summed E-state index contributed by atoms with van der Waals surface area (Å²) in [5.74, 6) is -0.293. The van der Waals surface area contributed by atoms with Crippen LogP contribution < -0.4 is 5.19 Å². The van der Waals surface area contributed by atoms with Crippen molar-refractivity contribution in [2.75, 3.05) is 0 Å². The summed E-state index contributed by atoms with van der Waals surface area (Å²) in [5, 5.41) is 3.50. The molecular formula is C50H48IrN2OSi-2. The summed E-state index contributed by atoms with van der Waals surface area (Å²) in [4.78, 5) is 9.28. The van der Waals surface area contributed by atoms with Crippen molar-refractivity contribution in [3.63, 3.8) is 0 Å². The summed E-state index contributed by atoms with van der Waals surface area (Å²) >= 11 is 0. The van der Waals surface area contributed by atoms with Crippen molar-refractivity contribution in [3.8, 4) is 44.8 Å². The number of pyridine rings is 2. The van der Waals surface area contributed by atoms with E-state index in [1.54, 1.807) is 12.3 Å². The van der Waals surface area contributed by atoms with E-state index < -0.39 is 20.8 Å². The zero-order valence-electron chi connectivity index (χ0n) is 36.4. The van der Waals surface area contributed by atoms with Gasteiger partial charge in [-0.2, -0.15) is 0 Å². The first-order valence-electron chi connectivity index (χ1n) is 20.5. The van der Waals surface area contributed by atoms with Gasteiger partial charge in [-0.15, -0.1) is 47.5 Å². The predicted molar refractivity (Wildman–Crippen MR) is 231 cm³/mol. The quantitative estimate of drug-likeness (QED) is 0.118. The van der Waals surface area contributed by atoms with E-state index in [4.69, 9.17) is 14.9 Å². The number of furan rings is 1. The second kappa shape index (κ2) is 16.8. The van der Waals surface area contributed by atoms with Gasteiger partial charge in [0.2, 0.25) is 0 Å². The van der Waals surface area contributed by atoms with Gasteiger partial charge in [-0.3, -0.25) is 0 Å². The Labute approximate surface area is 346 Å². The molecule has 0 amide bonds. The van der Waals surface area contributed by atoms with Gasteiger partial charge in [-0.1, -0.05) is 167 Å². The molecule has 3 aromatic heterocycles. The Morgan fingerprint density at radius 1 is 0.727 bits per heavy atom. The van der Waals surface area contributed by atoms with Gasteiger partial charge in [-0.25, -0.2) is 0 Å². The van der Waals surface area contributed by atoms with Crippen molar-refractivity contribution < 1.29 is 30.0 Å². The molecule has 5 heteroatoms. The Balaban J connectivity index is 0.000000195. The number of hydrogen-bond acceptors (Lipinski definition) is 3. The Bertz CT molecular complexity index is 2720. The number of aryl methyl sites for hydroxylation is 1. The molecule has 3 heterocycles. The van der Waals surface area contributed by atoms with Crippen LogP contribution in [0.4, 0.5) is 0 Å². The molecule has 279 valence electrons. The minimum absolute atomic E-state index is 0. The van der Waals surface area contributed by atoms with Gasteiger partial charge in [0.1, 0.15) is 5.58 Å². The van der Waals surface area contributed by atoms with Crippen LogP contribution in [-0.2, 0) is 20.1 Å². The summed E-state index contributed by atoms with van der Waals surface area (Å²) in [6.07, 6.45) is 3.77. The van der Waals surface area contributed by atoms with E-state index >= 15 is 0 Å². The molecule has 0 atom stereocenters. The molecule has 0 saturated heterocycles. The maximum atomic E-state index is 8.33. The molecule has 0 aliphatic rings. The Hall–Kier alpha value is -4.93. The average molecular weight is 917 g/mol. The largest absolute Gasteiger partial charge is 0.501 e. The molecule has 0 aliphatic heterocycles. The monoisotopic (exact) mass is 917 g/mol. The zero-order chi connectivity index (χ0) is 41.4. The van der Waals surface area contributed by atoms with E-state index in [2.05, 4.69) is 87.0 Å². The van der Waals surface area contributed by atoms with Crippen LogP contribution in [0.5, 0.6) is 0 Å². The summed E-state index contributed by atoms with van der Waals surface area (Å²) in [5.41, 5.74) is 11.3. The number of fused-ring (bicyclic) bond motifs is 3. The van der Waals surface area contributed by atoms with Crippen LogP contribution in [0.3, 0.4) is 0 Å². The van der Waals surface area contributed by atoms with Crippen LogP contribution in [0.25, 0.3) is 66.7 Å². The second-order valence-electron chi connectivity index (χ2n) is 15.3. The fraction of sp³-hybridized carbons (Fsp3) is 0.200. The normalized spacial score (nSPS) is 12.9. The molecule has 55 heavy (non-hydrogen) atoms. The maximum Gasteiger partial charge on any atom is 0.121 e. The average Bonchev–Trinajstić information content (AvgIpc) is 3.58. The predicted octanol–water partition coefficient (Wildman–Crippen LogP) is 13.4. The van der Waals surface area contributed by atoms with Gasteiger partial charge in [0, 0.05) is 43.4 Å². The molecule has 3 nitrogen and oxygen atoms in total. The second-order valence-corrected chi connectivity index (χ2v) is 20.3. The van der Waals surface area contributed by atoms with Crippen molar-refractivity contribution in [3.05, 3.63) is 163 Å². The first-order chi connectivity index (χ1) is 27.5. The van der Waals surface area contributed by atoms with E-state index in [1.807, 2.05) is 98.9 Å². The van der Waals surface area contributed by atoms with Crippen LogP contribution >= 0.6 is 0 Å². The smallest absolute Gasteiger partial charge is 0.121 e. The minimum Gasteiger partial charge on any atom is -0.501 e. The van der Waals surface area contributed by atoms with Crippen LogP contribution in [0.15, 0.2) is 138 Å². The first kappa shape index (κ1) is 34.5. The first-order valence-corrected chi connectivity index (χ1v) is 22.0. The molecule has 1 radical (unpaired) electrons. The molecule has 0 spiro atoms. The van der Waals surface area contributed by atoms with E-state index in [9.17, 15) is 0 Å². The number of hydrogen-bond donors (Lipinski definition) is 0. The fourth-order valence-electron chi connectivity index (χ4n) is 6.84. The number of aromatic nitrogens is 2. The van der Waals surface area contributed by atoms with Crippen molar-refractivity contribution in [2.24, 2.45) is 0 Å². The van der Waals surface area contributed by atoms with Gasteiger partial charge in [-0.05, 0) is 57.2 Å². The van der Waals surface area contributed by atoms with E-state index in [0.29, 0.717) is 17.0 Å². The van der Waals surface area contributed by atoms with Crippen LogP contribution in [0, 0.1) is 19.0 Å². The third-order valence-corrected chi connectivity index (χ3v) is 11.8. The van der Waals surface area contributed by atoms with Crippen LogP contribution in [-0.4, -0.2) is 18.0 Å². The number of rotatable bonds is 7. The summed E-state index contributed by atoms with van der Waals surface area (Å²) in [6, 6.07) is 46.2. The fourth-order valence-corrected chi connectivity index (χ4v) is 8.52. The number of nitrogens with zero attached hydrogens (tertiary/aromatic N) is 2. The number of benzene rings is 5. The van der Waals surface area contributed by atoms with Gasteiger partial charge in [0.15, 0.2) is 0 Å². The molecule has 5 aromatic carbocycles. The molecule has 8 aromatic rings. The van der Waals surface area contributed by atoms with Gasteiger partial charge in [0.05, 0.1) is 13.7 Å². The molecule has 0 aliphatic carbocycles. The van der Waals surface area contributed by atoms with Crippen molar-refractivity contribution in [1.82, 2.24) is 9.97 Å². The minimum atomic E-state index is -2.20. The van der Waals surface area contributed by atoms with E-state index in [0.717, 1.165) is 66.7 Å². The van der Waals surface area contributed by atoms with Crippen molar-refractivity contribution in [1.29, 1.82) is 0 Å². The van der Waals surface area contributed by atoms with Crippen molar-refractivity contribution in [2.45, 2.75) is 66.0 Å². The van der Waals surface area contributed by atoms with Gasteiger partial charge in [0.25, 0.3) is 0 Å². The zero-order valence-corrected chi connectivity index (χ0v) is 35.8. The van der Waals surface area contributed by atoms with E-state index in [1.165, 1.54) is 10.8 Å². The van der Waals surface area contributed by atoms with Gasteiger partial charge >= 0.3 is 0 Å². The topological polar surface area (TPSA) is 38.9 Å². The molecule has 0 saturated carbocycles. The van der Waals surface area contributed by atoms with Crippen LogP contribution in [0.2, 0.25) is 19.6 Å². The van der Waals surface area contributed by atoms with Gasteiger partial charge < -0.3 is 14.4 Å². The maximum absolute atomic E-state index is 8.33. The molecule has 8 rings (SSSR count). The summed E-state index contributed by atoms with van der Waals surface area (Å²) in [7, 11) is -1.51. The molecule has 0 bridgehead atoms. The molecule has 0 N–H and O–H groups in total. The van der Waals surface area contributed by atoms with Crippen molar-refractivity contribution >= 4 is 35.2 Å². The molecule has 0 fully saturated rings. The molecular weight excluding hydrogens is 865 g/mol. The SMILES string of the molecule is [2H]C(C)(C)c1ccnc(-c2[c-]ccc3c2oc2cc(-c4ccccc4)ccc23)c1.[2H]C([2H])([2H])c1c[c-]c(-c2cc(C(C)C)c([Si](C)(C)C)cn2)cc1-c1ccccc1.[Ir]. The Morgan fingerprint density at radius 2 is 1.45 bits per heavy atom. The third kappa shape index (κ3) is 8.65. The standard InChI is InChI=1S/C26H20NO.C24H28NSi.Ir/c1-17(2)19-13-14-27-24(15-19)23-10-6-9-22-21-12-11-20(16-25(21)28-26(22)23)18-7-4-3-5-8-18;1-17(2)21-15-23(25-16-24(21)26(4,5)6)20-13-12-18(3)22(14-20)19-10-8-7-9-11-19;/h3-9,11-17H,1-2H3;7-12,14-17H,1-6H3;/q2*-1;/i17D;3D3;. The summed E-state index contributed by atoms with van der Waals surface area (Å²) in [6.45, 7) is 13.0. The summed E-state index contributed by atoms with van der Waals surface area (Å²) < 4.78 is 38.4. The third-order valence-electron chi connectivity index (χ3n) is 9.81. The van der Waals surface area contributed by atoms with E-state index in [-0.39, 0.29) is 20.1 Å². The Kier molecular flexibility index (Phi) is 10.6.